The molecule has 0 aliphatic carbocycles. The summed E-state index contributed by atoms with van der Waals surface area (Å²) in [6, 6.07) is 22.7. The van der Waals surface area contributed by atoms with Crippen LogP contribution in [0.2, 0.25) is 0 Å². The summed E-state index contributed by atoms with van der Waals surface area (Å²) in [7, 11) is 0. The van der Waals surface area contributed by atoms with Crippen LogP contribution in [0, 0.1) is 13.8 Å². The first-order valence-corrected chi connectivity index (χ1v) is 8.97. The van der Waals surface area contributed by atoms with E-state index in [2.05, 4.69) is 10.1 Å². The molecule has 28 heavy (non-hydrogen) atoms. The second kappa shape index (κ2) is 7.48. The molecule has 0 saturated heterocycles. The highest BCUT2D eigenvalue weighted by Crippen LogP contribution is 2.21. The zero-order valence-electron chi connectivity index (χ0n) is 15.7. The molecule has 0 spiro atoms. The number of hydrogen-bond donors (Lipinski definition) is 0. The monoisotopic (exact) mass is 369 g/mol. The maximum absolute atomic E-state index is 12.6. The highest BCUT2D eigenvalue weighted by atomic mass is 16.5. The molecule has 5 heteroatoms. The van der Waals surface area contributed by atoms with Crippen molar-refractivity contribution in [3.8, 4) is 11.5 Å². The normalized spacial score (nSPS) is 11.2. The van der Waals surface area contributed by atoms with E-state index in [4.69, 9.17) is 4.74 Å². The first kappa shape index (κ1) is 17.7. The van der Waals surface area contributed by atoms with Crippen molar-refractivity contribution in [1.29, 1.82) is 0 Å². The van der Waals surface area contributed by atoms with Crippen LogP contribution in [0.15, 0.2) is 82.7 Å². The van der Waals surface area contributed by atoms with Gasteiger partial charge in [-0.2, -0.15) is 9.78 Å². The minimum atomic E-state index is -0.182. The van der Waals surface area contributed by atoms with Crippen LogP contribution >= 0.6 is 0 Å². The van der Waals surface area contributed by atoms with Crippen LogP contribution in [0.1, 0.15) is 17.0 Å². The van der Waals surface area contributed by atoms with Gasteiger partial charge in [-0.25, -0.2) is 4.98 Å². The van der Waals surface area contributed by atoms with E-state index >= 15 is 0 Å². The van der Waals surface area contributed by atoms with Crippen LogP contribution in [0.25, 0.3) is 10.9 Å². The summed E-state index contributed by atoms with van der Waals surface area (Å²) in [5.41, 5.74) is 2.54. The first-order chi connectivity index (χ1) is 13.6. The fourth-order valence-electron chi connectivity index (χ4n) is 2.86. The van der Waals surface area contributed by atoms with E-state index in [1.54, 1.807) is 19.2 Å². The molecule has 5 nitrogen and oxygen atoms in total. The number of benzene rings is 3. The molecule has 4 aromatic rings. The largest absolute Gasteiger partial charge is 0.457 e. The minimum Gasteiger partial charge on any atom is -0.457 e. The fraction of sp³-hybridized carbons (Fsp3) is 0.0870. The van der Waals surface area contributed by atoms with Gasteiger partial charge < -0.3 is 4.74 Å². The van der Waals surface area contributed by atoms with Crippen molar-refractivity contribution in [3.05, 3.63) is 100 Å². The Morgan fingerprint density at radius 1 is 0.893 bits per heavy atom. The fourth-order valence-corrected chi connectivity index (χ4v) is 2.86. The molecule has 0 amide bonds. The molecule has 0 aliphatic heterocycles. The van der Waals surface area contributed by atoms with Crippen LogP contribution in [0.4, 0.5) is 0 Å². The zero-order valence-corrected chi connectivity index (χ0v) is 15.7. The number of para-hydroxylation sites is 1. The summed E-state index contributed by atoms with van der Waals surface area (Å²) in [6.45, 7) is 3.81. The van der Waals surface area contributed by atoms with Crippen molar-refractivity contribution in [1.82, 2.24) is 9.66 Å². The highest BCUT2D eigenvalue weighted by Gasteiger charge is 2.06. The Morgan fingerprint density at radius 2 is 1.54 bits per heavy atom. The molecular formula is C23H19N3O2. The second-order valence-electron chi connectivity index (χ2n) is 6.52. The number of ether oxygens (including phenoxy) is 1. The average Bonchev–Trinajstić information content (AvgIpc) is 2.71. The first-order valence-electron chi connectivity index (χ1n) is 8.97. The van der Waals surface area contributed by atoms with Crippen molar-refractivity contribution in [2.75, 3.05) is 0 Å². The molecule has 4 rings (SSSR count). The van der Waals surface area contributed by atoms with Crippen LogP contribution in [0.5, 0.6) is 11.5 Å². The molecule has 1 aromatic heterocycles. The lowest BCUT2D eigenvalue weighted by Gasteiger charge is -2.06. The summed E-state index contributed by atoms with van der Waals surface area (Å²) >= 11 is 0. The summed E-state index contributed by atoms with van der Waals surface area (Å²) < 4.78 is 7.15. The maximum Gasteiger partial charge on any atom is 0.282 e. The predicted octanol–water partition coefficient (Wildman–Crippen LogP) is 4.69. The molecular weight excluding hydrogens is 350 g/mol. The van der Waals surface area contributed by atoms with E-state index in [1.165, 1.54) is 10.2 Å². The molecule has 0 radical (unpaired) electrons. The number of aryl methyl sites for hydroxylation is 2. The summed E-state index contributed by atoms with van der Waals surface area (Å²) in [5, 5.41) is 4.87. The van der Waals surface area contributed by atoms with E-state index < -0.39 is 0 Å². The number of hydrogen-bond acceptors (Lipinski definition) is 4. The van der Waals surface area contributed by atoms with Gasteiger partial charge >= 0.3 is 0 Å². The van der Waals surface area contributed by atoms with Crippen molar-refractivity contribution >= 4 is 17.1 Å². The number of rotatable bonds is 4. The van der Waals surface area contributed by atoms with Crippen LogP contribution in [-0.2, 0) is 0 Å². The molecule has 0 unspecified atom stereocenters. The van der Waals surface area contributed by atoms with Crippen molar-refractivity contribution < 1.29 is 4.74 Å². The third kappa shape index (κ3) is 3.69. The Morgan fingerprint density at radius 3 is 2.25 bits per heavy atom. The smallest absolute Gasteiger partial charge is 0.282 e. The average molecular weight is 369 g/mol. The molecule has 1 heterocycles. The summed E-state index contributed by atoms with van der Waals surface area (Å²) in [6.07, 6.45) is 1.64. The van der Waals surface area contributed by atoms with E-state index in [1.807, 2.05) is 73.7 Å². The number of aromatic nitrogens is 2. The summed E-state index contributed by atoms with van der Waals surface area (Å²) in [4.78, 5) is 17.1. The second-order valence-corrected chi connectivity index (χ2v) is 6.52. The van der Waals surface area contributed by atoms with Gasteiger partial charge in [-0.1, -0.05) is 29.8 Å². The van der Waals surface area contributed by atoms with Gasteiger partial charge in [0.05, 0.1) is 17.1 Å². The Labute approximate surface area is 162 Å². The van der Waals surface area contributed by atoms with E-state index in [0.717, 1.165) is 17.1 Å². The van der Waals surface area contributed by atoms with Gasteiger partial charge in [-0.3, -0.25) is 4.79 Å². The molecule has 0 N–H and O–H groups in total. The molecule has 0 aliphatic rings. The Hall–Kier alpha value is -3.73. The Kier molecular flexibility index (Phi) is 4.72. The number of fused-ring (bicyclic) bond motifs is 1. The van der Waals surface area contributed by atoms with Crippen molar-refractivity contribution in [2.24, 2.45) is 5.10 Å². The molecule has 0 bridgehead atoms. The van der Waals surface area contributed by atoms with Gasteiger partial charge in [0.15, 0.2) is 0 Å². The third-order valence-corrected chi connectivity index (χ3v) is 4.37. The standard InChI is InChI=1S/C23H19N3O2/c1-16-7-11-19(12-8-16)28-20-13-9-18(10-14-20)15-24-26-17(2)25-22-6-4-3-5-21(22)23(26)27/h3-15H,1-2H3/b24-15+. The Bertz CT molecular complexity index is 1210. The predicted molar refractivity (Wildman–Crippen MR) is 111 cm³/mol. The third-order valence-electron chi connectivity index (χ3n) is 4.37. The molecule has 0 saturated carbocycles. The van der Waals surface area contributed by atoms with Crippen molar-refractivity contribution in [3.63, 3.8) is 0 Å². The van der Waals surface area contributed by atoms with Gasteiger partial charge in [-0.15, -0.1) is 0 Å². The highest BCUT2D eigenvalue weighted by molar-refractivity contribution is 5.80. The molecule has 138 valence electrons. The summed E-state index contributed by atoms with van der Waals surface area (Å²) in [5.74, 6) is 2.07. The van der Waals surface area contributed by atoms with E-state index in [0.29, 0.717) is 16.7 Å². The van der Waals surface area contributed by atoms with E-state index in [9.17, 15) is 4.79 Å². The number of nitrogens with zero attached hydrogens (tertiary/aromatic N) is 3. The van der Waals surface area contributed by atoms with Gasteiger partial charge in [-0.05, 0) is 67.9 Å². The quantitative estimate of drug-likeness (QED) is 0.491. The van der Waals surface area contributed by atoms with Gasteiger partial charge in [0, 0.05) is 0 Å². The van der Waals surface area contributed by atoms with Gasteiger partial charge in [0.25, 0.3) is 5.56 Å². The molecule has 0 fully saturated rings. The lowest BCUT2D eigenvalue weighted by molar-refractivity contribution is 0.482. The molecule has 0 atom stereocenters. The Balaban J connectivity index is 1.56. The van der Waals surface area contributed by atoms with Gasteiger partial charge in [0.1, 0.15) is 17.3 Å². The van der Waals surface area contributed by atoms with Gasteiger partial charge in [0.2, 0.25) is 0 Å². The van der Waals surface area contributed by atoms with Crippen LogP contribution in [-0.4, -0.2) is 15.9 Å². The van der Waals surface area contributed by atoms with Crippen LogP contribution < -0.4 is 10.3 Å². The van der Waals surface area contributed by atoms with E-state index in [-0.39, 0.29) is 5.56 Å². The topological polar surface area (TPSA) is 56.5 Å². The van der Waals surface area contributed by atoms with Crippen LogP contribution in [0.3, 0.4) is 0 Å². The van der Waals surface area contributed by atoms with Crippen molar-refractivity contribution in [2.45, 2.75) is 13.8 Å². The SMILES string of the molecule is Cc1ccc(Oc2ccc(/C=N/n3c(C)nc4ccccc4c3=O)cc2)cc1. The molecule has 3 aromatic carbocycles. The zero-order chi connectivity index (χ0) is 19.5. The lowest BCUT2D eigenvalue weighted by atomic mass is 10.2. The lowest BCUT2D eigenvalue weighted by Crippen LogP contribution is -2.20. The minimum absolute atomic E-state index is 0.182. The maximum atomic E-state index is 12.6.